The molecule has 2 aliphatic rings. The first-order valence-electron chi connectivity index (χ1n) is 7.39. The molecule has 0 saturated carbocycles. The first-order valence-corrected chi connectivity index (χ1v) is 7.39. The second-order valence-corrected chi connectivity index (χ2v) is 5.58. The van der Waals surface area contributed by atoms with Crippen LogP contribution in [0.5, 0.6) is 0 Å². The normalized spacial score (nSPS) is 29.6. The minimum atomic E-state index is -0.125. The number of carbonyl (C=O) groups excluding carboxylic acids is 1. The Hall–Kier alpha value is -1.61. The van der Waals surface area contributed by atoms with Gasteiger partial charge in [0.15, 0.2) is 0 Å². The van der Waals surface area contributed by atoms with Gasteiger partial charge in [0, 0.05) is 18.0 Å². The summed E-state index contributed by atoms with van der Waals surface area (Å²) in [5, 5.41) is 0. The number of hydrogen-bond acceptors (Lipinski definition) is 3. The maximum absolute atomic E-state index is 12.3. The maximum atomic E-state index is 12.3. The molecule has 0 unspecified atom stereocenters. The van der Waals surface area contributed by atoms with E-state index < -0.39 is 0 Å². The third-order valence-electron chi connectivity index (χ3n) is 4.46. The average Bonchev–Trinajstić information content (AvgIpc) is 3.08. The van der Waals surface area contributed by atoms with E-state index in [0.29, 0.717) is 18.6 Å². The Morgan fingerprint density at radius 3 is 2.80 bits per heavy atom. The molecular weight excluding hydrogens is 250 g/mol. The van der Waals surface area contributed by atoms with Crippen molar-refractivity contribution >= 4 is 5.97 Å². The van der Waals surface area contributed by atoms with Crippen LogP contribution in [0.25, 0.3) is 0 Å². The summed E-state index contributed by atoms with van der Waals surface area (Å²) in [6.45, 7) is 4.49. The highest BCUT2D eigenvalue weighted by Crippen LogP contribution is 2.42. The number of esters is 1. The van der Waals surface area contributed by atoms with Gasteiger partial charge in [-0.3, -0.25) is 9.69 Å². The predicted molar refractivity (Wildman–Crippen MR) is 78.2 cm³/mol. The average molecular weight is 271 g/mol. The van der Waals surface area contributed by atoms with Crippen molar-refractivity contribution in [3.8, 4) is 0 Å². The van der Waals surface area contributed by atoms with Crippen molar-refractivity contribution in [2.45, 2.75) is 38.4 Å². The number of nitrogens with zero attached hydrogens (tertiary/aromatic N) is 1. The molecule has 0 aromatic heterocycles. The number of benzene rings is 1. The second-order valence-electron chi connectivity index (χ2n) is 5.58. The van der Waals surface area contributed by atoms with E-state index in [1.54, 1.807) is 0 Å². The van der Waals surface area contributed by atoms with Gasteiger partial charge in [-0.2, -0.15) is 0 Å². The molecule has 2 bridgehead atoms. The largest absolute Gasteiger partial charge is 0.465 e. The summed E-state index contributed by atoms with van der Waals surface area (Å²) >= 11 is 0. The summed E-state index contributed by atoms with van der Waals surface area (Å²) in [5.74, 6) is 0.234. The summed E-state index contributed by atoms with van der Waals surface area (Å²) in [7, 11) is 0. The lowest BCUT2D eigenvalue weighted by Crippen LogP contribution is -2.46. The molecule has 1 heterocycles. The molecule has 1 aliphatic carbocycles. The van der Waals surface area contributed by atoms with Gasteiger partial charge in [0.1, 0.15) is 6.04 Å². The molecule has 0 spiro atoms. The first kappa shape index (κ1) is 13.4. The van der Waals surface area contributed by atoms with E-state index in [-0.39, 0.29) is 18.1 Å². The lowest BCUT2D eigenvalue weighted by atomic mass is 9.99. The summed E-state index contributed by atoms with van der Waals surface area (Å²) < 4.78 is 5.28. The van der Waals surface area contributed by atoms with Crippen molar-refractivity contribution in [1.82, 2.24) is 4.90 Å². The minimum absolute atomic E-state index is 0.0767. The van der Waals surface area contributed by atoms with Crippen molar-refractivity contribution in [2.24, 2.45) is 5.92 Å². The van der Waals surface area contributed by atoms with Gasteiger partial charge in [0.2, 0.25) is 0 Å². The molecule has 0 radical (unpaired) electrons. The molecular formula is C17H21NO2. The highest BCUT2D eigenvalue weighted by Gasteiger charge is 2.49. The van der Waals surface area contributed by atoms with Gasteiger partial charge in [-0.05, 0) is 25.8 Å². The van der Waals surface area contributed by atoms with Crippen LogP contribution in [0.3, 0.4) is 0 Å². The molecule has 3 rings (SSSR count). The summed E-state index contributed by atoms with van der Waals surface area (Å²) in [5.41, 5.74) is 1.25. The molecule has 20 heavy (non-hydrogen) atoms. The van der Waals surface area contributed by atoms with Gasteiger partial charge >= 0.3 is 5.97 Å². The van der Waals surface area contributed by atoms with Crippen LogP contribution in [0.15, 0.2) is 42.5 Å². The van der Waals surface area contributed by atoms with Gasteiger partial charge in [-0.1, -0.05) is 42.5 Å². The Bertz CT molecular complexity index is 511. The van der Waals surface area contributed by atoms with Crippen molar-refractivity contribution in [3.63, 3.8) is 0 Å². The smallest absolute Gasteiger partial charge is 0.323 e. The Morgan fingerprint density at radius 2 is 2.10 bits per heavy atom. The van der Waals surface area contributed by atoms with Crippen LogP contribution in [0.4, 0.5) is 0 Å². The first-order chi connectivity index (χ1) is 9.72. The van der Waals surface area contributed by atoms with E-state index in [1.165, 1.54) is 5.56 Å². The molecule has 4 atom stereocenters. The molecule has 1 fully saturated rings. The summed E-state index contributed by atoms with van der Waals surface area (Å²) in [6.07, 6.45) is 5.46. The van der Waals surface area contributed by atoms with Gasteiger partial charge in [0.25, 0.3) is 0 Å². The highest BCUT2D eigenvalue weighted by atomic mass is 16.5. The number of likely N-dealkylation sites (tertiary alicyclic amines) is 1. The van der Waals surface area contributed by atoms with Crippen LogP contribution >= 0.6 is 0 Å². The number of hydrogen-bond donors (Lipinski definition) is 0. The zero-order valence-electron chi connectivity index (χ0n) is 12.0. The Morgan fingerprint density at radius 1 is 1.35 bits per heavy atom. The fraction of sp³-hybridized carbons (Fsp3) is 0.471. The van der Waals surface area contributed by atoms with E-state index in [4.69, 9.17) is 4.74 Å². The van der Waals surface area contributed by atoms with E-state index in [9.17, 15) is 4.79 Å². The molecule has 1 aliphatic heterocycles. The van der Waals surface area contributed by atoms with Gasteiger partial charge in [-0.25, -0.2) is 0 Å². The van der Waals surface area contributed by atoms with Crippen LogP contribution in [-0.2, 0) is 9.53 Å². The van der Waals surface area contributed by atoms with Crippen molar-refractivity contribution in [3.05, 3.63) is 48.0 Å². The molecule has 1 aromatic carbocycles. The van der Waals surface area contributed by atoms with E-state index in [0.717, 1.165) is 6.42 Å². The Labute approximate surface area is 120 Å². The number of carbonyl (C=O) groups is 1. The SMILES string of the molecule is CCOC(=O)[C@H]1[C@@H]2C=C[C@@H](C2)N1[C@@H](C)c1ccccc1. The predicted octanol–water partition coefficient (Wildman–Crippen LogP) is 2.94. The fourth-order valence-corrected chi connectivity index (χ4v) is 3.55. The molecule has 1 aromatic rings. The molecule has 106 valence electrons. The van der Waals surface area contributed by atoms with Crippen LogP contribution in [-0.4, -0.2) is 29.6 Å². The van der Waals surface area contributed by atoms with Crippen LogP contribution in [0.2, 0.25) is 0 Å². The van der Waals surface area contributed by atoms with E-state index >= 15 is 0 Å². The van der Waals surface area contributed by atoms with Crippen molar-refractivity contribution in [1.29, 1.82) is 0 Å². The van der Waals surface area contributed by atoms with Crippen molar-refractivity contribution < 1.29 is 9.53 Å². The summed E-state index contributed by atoms with van der Waals surface area (Å²) in [6, 6.07) is 10.8. The number of rotatable bonds is 4. The summed E-state index contributed by atoms with van der Waals surface area (Å²) in [4.78, 5) is 14.6. The van der Waals surface area contributed by atoms with Gasteiger partial charge in [0.05, 0.1) is 6.61 Å². The zero-order valence-corrected chi connectivity index (χ0v) is 12.0. The zero-order chi connectivity index (χ0) is 14.1. The lowest BCUT2D eigenvalue weighted by molar-refractivity contribution is -0.150. The van der Waals surface area contributed by atoms with Crippen LogP contribution in [0, 0.1) is 5.92 Å². The second kappa shape index (κ2) is 5.41. The number of fused-ring (bicyclic) bond motifs is 2. The standard InChI is InChI=1S/C17H21NO2/c1-3-20-17(19)16-14-9-10-15(11-14)18(16)12(2)13-7-5-4-6-8-13/h4-10,12,14-16H,3,11H2,1-2H3/t12-,14+,15-,16+/m0/s1. The maximum Gasteiger partial charge on any atom is 0.323 e. The van der Waals surface area contributed by atoms with Gasteiger partial charge in [-0.15, -0.1) is 0 Å². The minimum Gasteiger partial charge on any atom is -0.465 e. The van der Waals surface area contributed by atoms with Crippen LogP contribution < -0.4 is 0 Å². The molecule has 3 heteroatoms. The number of ether oxygens (including phenoxy) is 1. The molecule has 3 nitrogen and oxygen atoms in total. The lowest BCUT2D eigenvalue weighted by Gasteiger charge is -2.36. The third-order valence-corrected chi connectivity index (χ3v) is 4.46. The topological polar surface area (TPSA) is 29.5 Å². The highest BCUT2D eigenvalue weighted by molar-refractivity contribution is 5.77. The Balaban J connectivity index is 1.87. The van der Waals surface area contributed by atoms with E-state index in [2.05, 4.69) is 48.2 Å². The Kier molecular flexibility index (Phi) is 3.62. The monoisotopic (exact) mass is 271 g/mol. The fourth-order valence-electron chi connectivity index (χ4n) is 3.55. The quantitative estimate of drug-likeness (QED) is 0.623. The molecule has 0 N–H and O–H groups in total. The van der Waals surface area contributed by atoms with Gasteiger partial charge < -0.3 is 4.74 Å². The molecule has 1 saturated heterocycles. The van der Waals surface area contributed by atoms with Crippen LogP contribution in [0.1, 0.15) is 31.9 Å². The molecule has 0 amide bonds. The third kappa shape index (κ3) is 2.16. The van der Waals surface area contributed by atoms with Crippen molar-refractivity contribution in [2.75, 3.05) is 6.61 Å². The van der Waals surface area contributed by atoms with E-state index in [1.807, 2.05) is 13.0 Å².